The van der Waals surface area contributed by atoms with Crippen LogP contribution in [-0.4, -0.2) is 31.9 Å². The Balaban J connectivity index is 1.91. The van der Waals surface area contributed by atoms with E-state index in [1.165, 1.54) is 4.57 Å². The van der Waals surface area contributed by atoms with Crippen LogP contribution in [0.4, 0.5) is 5.95 Å². The molecule has 0 bridgehead atoms. The molecule has 0 fully saturated rings. The lowest BCUT2D eigenvalue weighted by atomic mass is 10.2. The number of unbranched alkanes of at least 4 members (excludes halogenated alkanes) is 1. The van der Waals surface area contributed by atoms with Gasteiger partial charge >= 0.3 is 5.69 Å². The normalized spacial score (nSPS) is 11.4. The van der Waals surface area contributed by atoms with E-state index in [-0.39, 0.29) is 0 Å². The van der Waals surface area contributed by atoms with Gasteiger partial charge in [-0.25, -0.2) is 10.2 Å². The van der Waals surface area contributed by atoms with Gasteiger partial charge in [0.25, 0.3) is 5.56 Å². The molecule has 0 amide bonds. The number of aromatic nitrogens is 4. The Morgan fingerprint density at radius 1 is 1.25 bits per heavy atom. The highest BCUT2D eigenvalue weighted by atomic mass is 16.5. The molecule has 0 aliphatic rings. The van der Waals surface area contributed by atoms with Crippen LogP contribution in [0.5, 0.6) is 5.75 Å². The summed E-state index contributed by atoms with van der Waals surface area (Å²) in [5.74, 6) is 1.21. The number of benzene rings is 1. The van der Waals surface area contributed by atoms with Gasteiger partial charge in [0, 0.05) is 13.6 Å². The molecule has 0 saturated heterocycles. The van der Waals surface area contributed by atoms with E-state index in [2.05, 4.69) is 27.4 Å². The van der Waals surface area contributed by atoms with E-state index in [0.717, 1.165) is 24.2 Å². The minimum absolute atomic E-state index is 0.323. The lowest BCUT2D eigenvalue weighted by Crippen LogP contribution is -2.29. The molecule has 2 N–H and O–H groups in total. The summed E-state index contributed by atoms with van der Waals surface area (Å²) in [6.07, 6.45) is 3.48. The highest BCUT2D eigenvalue weighted by Crippen LogP contribution is 2.16. The highest BCUT2D eigenvalue weighted by molar-refractivity contribution is 5.80. The van der Waals surface area contributed by atoms with E-state index in [1.54, 1.807) is 17.8 Å². The minimum Gasteiger partial charge on any atom is -0.494 e. The maximum absolute atomic E-state index is 12.3. The first-order valence-electron chi connectivity index (χ1n) is 9.26. The van der Waals surface area contributed by atoms with Gasteiger partial charge in [0.2, 0.25) is 5.95 Å². The summed E-state index contributed by atoms with van der Waals surface area (Å²) in [5.41, 5.74) is 3.51. The van der Waals surface area contributed by atoms with Crippen molar-refractivity contribution >= 4 is 23.3 Å². The van der Waals surface area contributed by atoms with E-state index >= 15 is 0 Å². The van der Waals surface area contributed by atoms with Crippen LogP contribution >= 0.6 is 0 Å². The van der Waals surface area contributed by atoms with Crippen LogP contribution in [0.3, 0.4) is 0 Å². The number of nitrogens with one attached hydrogen (secondary N) is 2. The molecule has 9 heteroatoms. The molecule has 0 radical (unpaired) electrons. The van der Waals surface area contributed by atoms with E-state index < -0.39 is 11.2 Å². The lowest BCUT2D eigenvalue weighted by molar-refractivity contribution is 0.340. The molecule has 3 rings (SSSR count). The average molecular weight is 384 g/mol. The Bertz CT molecular complexity index is 1090. The van der Waals surface area contributed by atoms with Crippen LogP contribution in [0.15, 0.2) is 39.0 Å². The number of nitrogens with zero attached hydrogens (tertiary/aromatic N) is 4. The number of anilines is 1. The zero-order valence-corrected chi connectivity index (χ0v) is 16.2. The van der Waals surface area contributed by atoms with Crippen molar-refractivity contribution < 1.29 is 4.74 Å². The molecule has 9 nitrogen and oxygen atoms in total. The largest absolute Gasteiger partial charge is 0.494 e. The van der Waals surface area contributed by atoms with Crippen molar-refractivity contribution in [3.05, 3.63) is 50.7 Å². The van der Waals surface area contributed by atoms with Crippen molar-refractivity contribution in [3.8, 4) is 5.75 Å². The zero-order chi connectivity index (χ0) is 20.1. The number of H-pyrrole nitrogens is 1. The molecule has 0 spiro atoms. The summed E-state index contributed by atoms with van der Waals surface area (Å²) in [4.78, 5) is 30.9. The Morgan fingerprint density at radius 2 is 2.00 bits per heavy atom. The second-order valence-electron chi connectivity index (χ2n) is 6.30. The third-order valence-corrected chi connectivity index (χ3v) is 4.31. The topological polar surface area (TPSA) is 106 Å². The van der Waals surface area contributed by atoms with Gasteiger partial charge in [-0.3, -0.25) is 14.3 Å². The number of rotatable bonds is 8. The third kappa shape index (κ3) is 3.98. The van der Waals surface area contributed by atoms with Crippen molar-refractivity contribution in [2.75, 3.05) is 12.0 Å². The summed E-state index contributed by atoms with van der Waals surface area (Å²) in [5, 5.41) is 4.23. The average Bonchev–Trinajstić information content (AvgIpc) is 3.05. The van der Waals surface area contributed by atoms with Crippen LogP contribution in [0.2, 0.25) is 0 Å². The fraction of sp³-hybridized carbons (Fsp3) is 0.368. The lowest BCUT2D eigenvalue weighted by Gasteiger charge is -2.07. The first-order chi connectivity index (χ1) is 13.5. The molecular weight excluding hydrogens is 360 g/mol. The van der Waals surface area contributed by atoms with Crippen molar-refractivity contribution in [2.45, 2.75) is 33.2 Å². The molecule has 0 saturated carbocycles. The molecule has 1 aromatic carbocycles. The van der Waals surface area contributed by atoms with Gasteiger partial charge in [0.1, 0.15) is 5.75 Å². The third-order valence-electron chi connectivity index (χ3n) is 4.31. The summed E-state index contributed by atoms with van der Waals surface area (Å²) in [7, 11) is 1.57. The molecule has 2 aromatic heterocycles. The summed E-state index contributed by atoms with van der Waals surface area (Å²) < 4.78 is 8.50. The van der Waals surface area contributed by atoms with Crippen molar-refractivity contribution in [1.29, 1.82) is 0 Å². The summed E-state index contributed by atoms with van der Waals surface area (Å²) >= 11 is 0. The SMILES string of the molecule is CCCCn1c(NN=Cc2ccc(OCC)cc2)nc2c1c(=O)[nH]c(=O)n2C. The van der Waals surface area contributed by atoms with E-state index in [9.17, 15) is 9.59 Å². The van der Waals surface area contributed by atoms with Gasteiger partial charge in [-0.05, 0) is 43.2 Å². The predicted molar refractivity (Wildman–Crippen MR) is 109 cm³/mol. The maximum atomic E-state index is 12.3. The van der Waals surface area contributed by atoms with Crippen LogP contribution in [-0.2, 0) is 13.6 Å². The Kier molecular flexibility index (Phi) is 5.93. The number of hydrazone groups is 1. The second-order valence-corrected chi connectivity index (χ2v) is 6.30. The van der Waals surface area contributed by atoms with Crippen LogP contribution in [0, 0.1) is 0 Å². The number of aryl methyl sites for hydroxylation is 2. The molecule has 2 heterocycles. The molecular formula is C19H24N6O3. The number of fused-ring (bicyclic) bond motifs is 1. The maximum Gasteiger partial charge on any atom is 0.329 e. The fourth-order valence-corrected chi connectivity index (χ4v) is 2.84. The predicted octanol–water partition coefficient (Wildman–Crippen LogP) is 2.07. The first-order valence-corrected chi connectivity index (χ1v) is 9.26. The number of hydrogen-bond donors (Lipinski definition) is 2. The quantitative estimate of drug-likeness (QED) is 0.457. The standard InChI is InChI=1S/C19H24N6O3/c1-4-6-11-25-15-16(24(3)19(27)22-17(15)26)21-18(25)23-20-12-13-7-9-14(10-8-13)28-5-2/h7-10,12H,4-6,11H2,1-3H3,(H,21,23)(H,22,26,27). The Morgan fingerprint density at radius 3 is 2.68 bits per heavy atom. The molecule has 0 unspecified atom stereocenters. The molecule has 148 valence electrons. The van der Waals surface area contributed by atoms with Crippen molar-refractivity contribution in [1.82, 2.24) is 19.1 Å². The monoisotopic (exact) mass is 384 g/mol. The van der Waals surface area contributed by atoms with Gasteiger partial charge in [0.05, 0.1) is 12.8 Å². The van der Waals surface area contributed by atoms with Gasteiger partial charge in [-0.1, -0.05) is 13.3 Å². The molecule has 0 aliphatic carbocycles. The fourth-order valence-electron chi connectivity index (χ4n) is 2.84. The number of imidazole rings is 1. The van der Waals surface area contributed by atoms with Gasteiger partial charge < -0.3 is 9.30 Å². The van der Waals surface area contributed by atoms with E-state index in [0.29, 0.717) is 30.3 Å². The van der Waals surface area contributed by atoms with Crippen LogP contribution < -0.4 is 21.4 Å². The number of ether oxygens (including phenoxy) is 1. The minimum atomic E-state index is -0.498. The zero-order valence-electron chi connectivity index (χ0n) is 16.2. The first kappa shape index (κ1) is 19.4. The van der Waals surface area contributed by atoms with Gasteiger partial charge in [0.15, 0.2) is 11.2 Å². The van der Waals surface area contributed by atoms with Crippen molar-refractivity contribution in [2.24, 2.45) is 12.1 Å². The Hall–Kier alpha value is -3.36. The van der Waals surface area contributed by atoms with Gasteiger partial charge in [-0.15, -0.1) is 0 Å². The summed E-state index contributed by atoms with van der Waals surface area (Å²) in [6, 6.07) is 7.53. The molecule has 3 aromatic rings. The van der Waals surface area contributed by atoms with E-state index in [1.807, 2.05) is 31.2 Å². The number of hydrogen-bond acceptors (Lipinski definition) is 6. The van der Waals surface area contributed by atoms with Crippen molar-refractivity contribution in [3.63, 3.8) is 0 Å². The second kappa shape index (κ2) is 8.55. The summed E-state index contributed by atoms with van der Waals surface area (Å²) in [6.45, 7) is 5.21. The Labute approximate surface area is 161 Å². The molecule has 0 atom stereocenters. The van der Waals surface area contributed by atoms with Crippen LogP contribution in [0.1, 0.15) is 32.3 Å². The number of aromatic amines is 1. The highest BCUT2D eigenvalue weighted by Gasteiger charge is 2.16. The molecule has 28 heavy (non-hydrogen) atoms. The van der Waals surface area contributed by atoms with E-state index in [4.69, 9.17) is 4.74 Å². The smallest absolute Gasteiger partial charge is 0.329 e. The van der Waals surface area contributed by atoms with Gasteiger partial charge in [-0.2, -0.15) is 10.1 Å². The molecule has 0 aliphatic heterocycles. The van der Waals surface area contributed by atoms with Crippen LogP contribution in [0.25, 0.3) is 11.2 Å².